The lowest BCUT2D eigenvalue weighted by molar-refractivity contribution is 0.420. The standard InChI is InChI=1S/C19H35BrOSi2/c1-8-22(9-2,10-3)17-14-16(20)15-18(19(17)21-7)23(11-4,12-5)13-6/h14-15H,8-13H2,1-7H3. The third-order valence-electron chi connectivity index (χ3n) is 6.46. The monoisotopic (exact) mass is 414 g/mol. The molecule has 4 heteroatoms. The molecule has 0 amide bonds. The molecular formula is C19H35BrOSi2. The summed E-state index contributed by atoms with van der Waals surface area (Å²) in [6, 6.07) is 12.5. The zero-order valence-corrected chi connectivity index (χ0v) is 19.8. The van der Waals surface area contributed by atoms with Crippen LogP contribution >= 0.6 is 15.9 Å². The average molecular weight is 416 g/mol. The maximum atomic E-state index is 6.10. The van der Waals surface area contributed by atoms with Gasteiger partial charge in [0, 0.05) is 4.47 Å². The predicted molar refractivity (Wildman–Crippen MR) is 114 cm³/mol. The van der Waals surface area contributed by atoms with Crippen LogP contribution in [0.3, 0.4) is 0 Å². The smallest absolute Gasteiger partial charge is 0.117 e. The average Bonchev–Trinajstić information content (AvgIpc) is 2.59. The van der Waals surface area contributed by atoms with Crippen LogP contribution in [0.15, 0.2) is 16.6 Å². The summed E-state index contributed by atoms with van der Waals surface area (Å²) in [5.74, 6) is 1.25. The van der Waals surface area contributed by atoms with E-state index in [4.69, 9.17) is 4.74 Å². The molecule has 132 valence electrons. The first-order valence-electron chi connectivity index (χ1n) is 9.32. The van der Waals surface area contributed by atoms with Gasteiger partial charge in [-0.05, 0) is 22.5 Å². The van der Waals surface area contributed by atoms with Crippen molar-refractivity contribution in [2.45, 2.75) is 77.8 Å². The lowest BCUT2D eigenvalue weighted by atomic mass is 10.3. The van der Waals surface area contributed by atoms with Gasteiger partial charge >= 0.3 is 0 Å². The molecule has 0 radical (unpaired) electrons. The van der Waals surface area contributed by atoms with E-state index in [1.54, 1.807) is 10.4 Å². The Kier molecular flexibility index (Phi) is 8.08. The highest BCUT2D eigenvalue weighted by Crippen LogP contribution is 2.30. The van der Waals surface area contributed by atoms with Gasteiger partial charge in [-0.15, -0.1) is 0 Å². The Morgan fingerprint density at radius 1 is 0.739 bits per heavy atom. The molecule has 0 atom stereocenters. The lowest BCUT2D eigenvalue weighted by Crippen LogP contribution is -2.53. The fourth-order valence-electron chi connectivity index (χ4n) is 4.24. The van der Waals surface area contributed by atoms with Gasteiger partial charge in [-0.2, -0.15) is 0 Å². The lowest BCUT2D eigenvalue weighted by Gasteiger charge is -2.36. The predicted octanol–water partition coefficient (Wildman–Crippen LogP) is 5.89. The summed E-state index contributed by atoms with van der Waals surface area (Å²) in [6.45, 7) is 14.3. The summed E-state index contributed by atoms with van der Waals surface area (Å²) in [6.07, 6.45) is 0. The molecule has 0 N–H and O–H groups in total. The van der Waals surface area contributed by atoms with Gasteiger partial charge in [0.15, 0.2) is 0 Å². The molecule has 0 heterocycles. The second-order valence-electron chi connectivity index (χ2n) is 6.72. The Morgan fingerprint density at radius 2 is 1.04 bits per heavy atom. The Morgan fingerprint density at radius 3 is 1.26 bits per heavy atom. The van der Waals surface area contributed by atoms with E-state index in [1.165, 1.54) is 46.5 Å². The number of rotatable bonds is 9. The Hall–Kier alpha value is -0.0662. The van der Waals surface area contributed by atoms with Gasteiger partial charge in [-0.25, -0.2) is 0 Å². The molecule has 0 fully saturated rings. The van der Waals surface area contributed by atoms with Crippen LogP contribution in [0.2, 0.25) is 36.3 Å². The van der Waals surface area contributed by atoms with Gasteiger partial charge in [0.1, 0.15) is 5.75 Å². The van der Waals surface area contributed by atoms with Crippen molar-refractivity contribution in [1.82, 2.24) is 0 Å². The summed E-state index contributed by atoms with van der Waals surface area (Å²) in [4.78, 5) is 0. The van der Waals surface area contributed by atoms with Crippen LogP contribution in [-0.2, 0) is 0 Å². The van der Waals surface area contributed by atoms with Crippen molar-refractivity contribution in [1.29, 1.82) is 0 Å². The highest BCUT2D eigenvalue weighted by Gasteiger charge is 2.38. The molecule has 0 spiro atoms. The minimum Gasteiger partial charge on any atom is -0.497 e. The second-order valence-corrected chi connectivity index (χ2v) is 18.1. The Labute approximate surface area is 154 Å². The largest absolute Gasteiger partial charge is 0.497 e. The normalized spacial score (nSPS) is 12.5. The van der Waals surface area contributed by atoms with Crippen molar-refractivity contribution in [3.63, 3.8) is 0 Å². The van der Waals surface area contributed by atoms with Gasteiger partial charge in [0.2, 0.25) is 0 Å². The van der Waals surface area contributed by atoms with Gasteiger partial charge in [-0.3, -0.25) is 0 Å². The fourth-order valence-corrected chi connectivity index (χ4v) is 12.9. The number of halogens is 1. The van der Waals surface area contributed by atoms with Crippen molar-refractivity contribution in [3.8, 4) is 5.75 Å². The number of hydrogen-bond acceptors (Lipinski definition) is 1. The molecule has 0 aliphatic heterocycles. The van der Waals surface area contributed by atoms with Crippen LogP contribution in [-0.4, -0.2) is 23.3 Å². The Bertz CT molecular complexity index is 451. The quantitative estimate of drug-likeness (QED) is 0.457. The molecule has 1 nitrogen and oxygen atoms in total. The van der Waals surface area contributed by atoms with E-state index in [9.17, 15) is 0 Å². The van der Waals surface area contributed by atoms with Crippen LogP contribution < -0.4 is 15.1 Å². The maximum Gasteiger partial charge on any atom is 0.117 e. The van der Waals surface area contributed by atoms with Crippen LogP contribution in [0.4, 0.5) is 0 Å². The molecule has 0 aliphatic rings. The number of benzene rings is 1. The van der Waals surface area contributed by atoms with E-state index in [0.29, 0.717) is 0 Å². The summed E-state index contributed by atoms with van der Waals surface area (Å²) < 4.78 is 7.36. The molecule has 0 saturated heterocycles. The molecular weight excluding hydrogens is 380 g/mol. The molecule has 0 aromatic heterocycles. The minimum atomic E-state index is -1.47. The van der Waals surface area contributed by atoms with Crippen LogP contribution in [0, 0.1) is 0 Å². The minimum absolute atomic E-state index is 1.25. The van der Waals surface area contributed by atoms with Crippen LogP contribution in [0.5, 0.6) is 5.75 Å². The van der Waals surface area contributed by atoms with Gasteiger partial charge < -0.3 is 4.74 Å². The van der Waals surface area contributed by atoms with Crippen molar-refractivity contribution >= 4 is 42.5 Å². The molecule has 0 aliphatic carbocycles. The van der Waals surface area contributed by atoms with E-state index in [-0.39, 0.29) is 0 Å². The first-order valence-corrected chi connectivity index (χ1v) is 15.4. The highest BCUT2D eigenvalue weighted by atomic mass is 79.9. The van der Waals surface area contributed by atoms with E-state index in [0.717, 1.165) is 0 Å². The zero-order chi connectivity index (χ0) is 17.7. The summed E-state index contributed by atoms with van der Waals surface area (Å²) in [5.41, 5.74) is 0. The van der Waals surface area contributed by atoms with E-state index in [2.05, 4.69) is 69.6 Å². The van der Waals surface area contributed by atoms with Crippen LogP contribution in [0.1, 0.15) is 41.5 Å². The molecule has 1 rings (SSSR count). The van der Waals surface area contributed by atoms with Gasteiger partial charge in [0.05, 0.1) is 23.3 Å². The topological polar surface area (TPSA) is 9.23 Å². The van der Waals surface area contributed by atoms with E-state index in [1.807, 2.05) is 7.11 Å². The summed E-state index contributed by atoms with van der Waals surface area (Å²) >= 11 is 3.83. The van der Waals surface area contributed by atoms with Crippen molar-refractivity contribution in [2.24, 2.45) is 0 Å². The molecule has 23 heavy (non-hydrogen) atoms. The van der Waals surface area contributed by atoms with Gasteiger partial charge in [0.25, 0.3) is 0 Å². The number of ether oxygens (including phenoxy) is 1. The summed E-state index contributed by atoms with van der Waals surface area (Å²) in [7, 11) is -1.06. The van der Waals surface area contributed by atoms with Gasteiger partial charge in [-0.1, -0.05) is 93.7 Å². The van der Waals surface area contributed by atoms with Crippen molar-refractivity contribution < 1.29 is 4.74 Å². The zero-order valence-electron chi connectivity index (χ0n) is 16.2. The second kappa shape index (κ2) is 8.86. The molecule has 0 saturated carbocycles. The molecule has 1 aromatic rings. The van der Waals surface area contributed by atoms with Crippen molar-refractivity contribution in [3.05, 3.63) is 16.6 Å². The third kappa shape index (κ3) is 3.79. The maximum absolute atomic E-state index is 6.10. The summed E-state index contributed by atoms with van der Waals surface area (Å²) in [5, 5.41) is 3.12. The van der Waals surface area contributed by atoms with E-state index >= 15 is 0 Å². The fraction of sp³-hybridized carbons (Fsp3) is 0.684. The number of hydrogen-bond donors (Lipinski definition) is 0. The molecule has 0 bridgehead atoms. The first kappa shape index (κ1) is 21.0. The SMILES string of the molecule is CC[Si](CC)(CC)c1cc(Br)cc([Si](CC)(CC)CC)c1OC. The van der Waals surface area contributed by atoms with Crippen LogP contribution in [0.25, 0.3) is 0 Å². The van der Waals surface area contributed by atoms with Crippen molar-refractivity contribution in [2.75, 3.05) is 7.11 Å². The Balaban J connectivity index is 3.76. The first-order chi connectivity index (χ1) is 10.9. The number of methoxy groups -OCH3 is 1. The third-order valence-corrected chi connectivity index (χ3v) is 18.1. The molecule has 1 aromatic carbocycles. The molecule has 0 unspecified atom stereocenters. The van der Waals surface area contributed by atoms with E-state index < -0.39 is 16.1 Å². The highest BCUT2D eigenvalue weighted by molar-refractivity contribution is 9.10.